The Labute approximate surface area is 196 Å². The van der Waals surface area contributed by atoms with Gasteiger partial charge in [-0.05, 0) is 67.8 Å². The molecular formula is C27H34N2O4. The summed E-state index contributed by atoms with van der Waals surface area (Å²) in [6.45, 7) is 11.7. The summed E-state index contributed by atoms with van der Waals surface area (Å²) in [6.07, 6.45) is 3.45. The van der Waals surface area contributed by atoms with Crippen LogP contribution in [0.25, 0.3) is 6.08 Å². The van der Waals surface area contributed by atoms with Crippen molar-refractivity contribution in [3.63, 3.8) is 0 Å². The Bertz CT molecular complexity index is 974. The number of piperazine rings is 1. The molecule has 1 aliphatic heterocycles. The molecule has 0 aromatic heterocycles. The molecule has 1 amide bonds. The maximum Gasteiger partial charge on any atom is 0.246 e. The Morgan fingerprint density at radius 3 is 2.27 bits per heavy atom. The summed E-state index contributed by atoms with van der Waals surface area (Å²) in [5, 5.41) is 0. The minimum atomic E-state index is -0.000304. The number of ether oxygens (including phenoxy) is 2. The summed E-state index contributed by atoms with van der Waals surface area (Å²) in [5.41, 5.74) is 2.68. The number of benzene rings is 2. The van der Waals surface area contributed by atoms with Gasteiger partial charge in [-0.3, -0.25) is 9.59 Å². The maximum atomic E-state index is 12.7. The van der Waals surface area contributed by atoms with Crippen molar-refractivity contribution in [3.05, 3.63) is 59.7 Å². The Kier molecular flexibility index (Phi) is 8.52. The first-order chi connectivity index (χ1) is 15.9. The summed E-state index contributed by atoms with van der Waals surface area (Å²) >= 11 is 0. The Hall–Kier alpha value is -3.28. The minimum Gasteiger partial charge on any atom is -0.490 e. The number of anilines is 1. The lowest BCUT2D eigenvalue weighted by atomic mass is 10.1. The highest BCUT2D eigenvalue weighted by molar-refractivity contribution is 5.94. The Morgan fingerprint density at radius 1 is 0.970 bits per heavy atom. The number of rotatable bonds is 9. The second kappa shape index (κ2) is 11.5. The third-order valence-electron chi connectivity index (χ3n) is 5.49. The highest BCUT2D eigenvalue weighted by atomic mass is 16.5. The van der Waals surface area contributed by atoms with Crippen molar-refractivity contribution in [1.29, 1.82) is 0 Å². The van der Waals surface area contributed by atoms with Crippen molar-refractivity contribution < 1.29 is 19.1 Å². The molecule has 0 radical (unpaired) electrons. The van der Waals surface area contributed by atoms with Crippen LogP contribution in [0, 0.1) is 5.92 Å². The molecule has 6 heteroatoms. The van der Waals surface area contributed by atoms with E-state index in [0.29, 0.717) is 43.5 Å². The van der Waals surface area contributed by atoms with Gasteiger partial charge in [0.05, 0.1) is 13.2 Å². The fourth-order valence-corrected chi connectivity index (χ4v) is 3.64. The topological polar surface area (TPSA) is 59.1 Å². The normalized spacial score (nSPS) is 14.1. The van der Waals surface area contributed by atoms with Crippen LogP contribution in [0.5, 0.6) is 11.5 Å². The predicted molar refractivity (Wildman–Crippen MR) is 132 cm³/mol. The first-order valence-corrected chi connectivity index (χ1v) is 11.6. The summed E-state index contributed by atoms with van der Waals surface area (Å²) in [4.78, 5) is 28.3. The minimum absolute atomic E-state index is 0.000304. The fourth-order valence-electron chi connectivity index (χ4n) is 3.64. The number of ketones is 1. The molecule has 0 atom stereocenters. The molecule has 0 spiro atoms. The standard InChI is InChI=1S/C27H34N2O4/c1-5-32-26-18-22(6-12-25(26)33-19-20(2)3)7-13-27(31)29-16-14-28(15-17-29)24-10-8-23(9-11-24)21(4)30/h6-13,18,20H,5,14-17,19H2,1-4H3. The van der Waals surface area contributed by atoms with Crippen molar-refractivity contribution in [1.82, 2.24) is 4.90 Å². The Morgan fingerprint density at radius 2 is 1.67 bits per heavy atom. The van der Waals surface area contributed by atoms with E-state index < -0.39 is 0 Å². The molecule has 1 saturated heterocycles. The van der Waals surface area contributed by atoms with Crippen molar-refractivity contribution in [2.24, 2.45) is 5.92 Å². The summed E-state index contributed by atoms with van der Waals surface area (Å²) in [6, 6.07) is 13.4. The van der Waals surface area contributed by atoms with Crippen molar-refractivity contribution >= 4 is 23.5 Å². The van der Waals surface area contributed by atoms with Gasteiger partial charge in [0.1, 0.15) is 0 Å². The second-order valence-electron chi connectivity index (χ2n) is 8.59. The number of nitrogens with zero attached hydrogens (tertiary/aromatic N) is 2. The van der Waals surface area contributed by atoms with Crippen molar-refractivity contribution in [2.45, 2.75) is 27.7 Å². The summed E-state index contributed by atoms with van der Waals surface area (Å²) < 4.78 is 11.6. The smallest absolute Gasteiger partial charge is 0.246 e. The number of carbonyl (C=O) groups is 2. The van der Waals surface area contributed by atoms with Crippen LogP contribution >= 0.6 is 0 Å². The molecule has 33 heavy (non-hydrogen) atoms. The zero-order chi connectivity index (χ0) is 23.8. The van der Waals surface area contributed by atoms with Gasteiger partial charge in [-0.15, -0.1) is 0 Å². The van der Waals surface area contributed by atoms with Crippen LogP contribution in [-0.2, 0) is 4.79 Å². The van der Waals surface area contributed by atoms with Gasteiger partial charge in [0.25, 0.3) is 0 Å². The van der Waals surface area contributed by atoms with Gasteiger partial charge in [0.15, 0.2) is 17.3 Å². The number of Topliss-reactive ketones (excluding diaryl/α,β-unsaturated/α-hetero) is 1. The average molecular weight is 451 g/mol. The SMILES string of the molecule is CCOc1cc(C=CC(=O)N2CCN(c3ccc(C(C)=O)cc3)CC2)ccc1OCC(C)C. The zero-order valence-electron chi connectivity index (χ0n) is 20.0. The van der Waals surface area contributed by atoms with Gasteiger partial charge in [-0.1, -0.05) is 19.9 Å². The van der Waals surface area contributed by atoms with E-state index in [0.717, 1.165) is 30.1 Å². The Balaban J connectivity index is 1.57. The van der Waals surface area contributed by atoms with E-state index >= 15 is 0 Å². The second-order valence-corrected chi connectivity index (χ2v) is 8.59. The first-order valence-electron chi connectivity index (χ1n) is 11.6. The van der Waals surface area contributed by atoms with E-state index in [1.807, 2.05) is 60.4 Å². The van der Waals surface area contributed by atoms with E-state index in [-0.39, 0.29) is 11.7 Å². The average Bonchev–Trinajstić information content (AvgIpc) is 2.82. The van der Waals surface area contributed by atoms with E-state index in [9.17, 15) is 9.59 Å². The molecular weight excluding hydrogens is 416 g/mol. The van der Waals surface area contributed by atoms with Crippen LogP contribution < -0.4 is 14.4 Å². The van der Waals surface area contributed by atoms with E-state index in [1.165, 1.54) is 0 Å². The summed E-state index contributed by atoms with van der Waals surface area (Å²) in [5.74, 6) is 1.91. The fraction of sp³-hybridized carbons (Fsp3) is 0.407. The van der Waals surface area contributed by atoms with Gasteiger partial charge in [-0.25, -0.2) is 0 Å². The van der Waals surface area contributed by atoms with Gasteiger partial charge >= 0.3 is 0 Å². The zero-order valence-corrected chi connectivity index (χ0v) is 20.0. The lowest BCUT2D eigenvalue weighted by Crippen LogP contribution is -2.48. The number of hydrogen-bond acceptors (Lipinski definition) is 5. The van der Waals surface area contributed by atoms with Crippen LogP contribution in [0.2, 0.25) is 0 Å². The van der Waals surface area contributed by atoms with Crippen LogP contribution in [0.15, 0.2) is 48.5 Å². The lowest BCUT2D eigenvalue weighted by molar-refractivity contribution is -0.126. The molecule has 0 bridgehead atoms. The largest absolute Gasteiger partial charge is 0.490 e. The van der Waals surface area contributed by atoms with Crippen molar-refractivity contribution in [3.8, 4) is 11.5 Å². The molecule has 0 saturated carbocycles. The third kappa shape index (κ3) is 6.85. The van der Waals surface area contributed by atoms with E-state index in [4.69, 9.17) is 9.47 Å². The monoisotopic (exact) mass is 450 g/mol. The quantitative estimate of drug-likeness (QED) is 0.410. The van der Waals surface area contributed by atoms with Crippen LogP contribution in [0.1, 0.15) is 43.6 Å². The van der Waals surface area contributed by atoms with Gasteiger partial charge < -0.3 is 19.3 Å². The molecule has 0 N–H and O–H groups in total. The first kappa shape index (κ1) is 24.4. The maximum absolute atomic E-state index is 12.7. The van der Waals surface area contributed by atoms with Crippen LogP contribution in [0.3, 0.4) is 0 Å². The molecule has 3 rings (SSSR count). The van der Waals surface area contributed by atoms with Gasteiger partial charge in [0, 0.05) is 43.5 Å². The number of amides is 1. The molecule has 2 aromatic carbocycles. The lowest BCUT2D eigenvalue weighted by Gasteiger charge is -2.35. The summed E-state index contributed by atoms with van der Waals surface area (Å²) in [7, 11) is 0. The molecule has 1 aliphatic rings. The number of carbonyl (C=O) groups excluding carboxylic acids is 2. The predicted octanol–water partition coefficient (Wildman–Crippen LogP) is 4.68. The van der Waals surface area contributed by atoms with Crippen molar-refractivity contribution in [2.75, 3.05) is 44.3 Å². The molecule has 0 aliphatic carbocycles. The highest BCUT2D eigenvalue weighted by Crippen LogP contribution is 2.29. The van der Waals surface area contributed by atoms with Crippen LogP contribution in [0.4, 0.5) is 5.69 Å². The number of hydrogen-bond donors (Lipinski definition) is 0. The van der Waals surface area contributed by atoms with E-state index in [2.05, 4.69) is 18.7 Å². The van der Waals surface area contributed by atoms with Crippen LogP contribution in [-0.4, -0.2) is 56.0 Å². The van der Waals surface area contributed by atoms with Gasteiger partial charge in [-0.2, -0.15) is 0 Å². The van der Waals surface area contributed by atoms with Gasteiger partial charge in [0.2, 0.25) is 5.91 Å². The highest BCUT2D eigenvalue weighted by Gasteiger charge is 2.20. The molecule has 1 fully saturated rings. The van der Waals surface area contributed by atoms with E-state index in [1.54, 1.807) is 13.0 Å². The molecule has 6 nitrogen and oxygen atoms in total. The molecule has 2 aromatic rings. The molecule has 176 valence electrons. The molecule has 0 unspecified atom stereocenters. The third-order valence-corrected chi connectivity index (χ3v) is 5.49. The molecule has 1 heterocycles.